The highest BCUT2D eigenvalue weighted by Gasteiger charge is 2.20. The van der Waals surface area contributed by atoms with E-state index in [9.17, 15) is 18.9 Å². The van der Waals surface area contributed by atoms with E-state index in [0.717, 1.165) is 56.2 Å². The Bertz CT molecular complexity index is 5610. The van der Waals surface area contributed by atoms with Crippen LogP contribution in [0.25, 0.3) is 43.6 Å². The standard InChI is InChI=1S/C23H17FN2O5.C23H19FN2O3.C23H20N2O3.C17H14ClNO2/c1-29-22-12-17-19(13-23(22)30-14-15-5-3-2-4-6-15)25-10-9-21(17)31-16-7-8-20(26(27)28)18(24)11-16;1-27-22-12-17-20(13-23(22)28-14-15-5-3-2-4-6-15)26-10-9-21(17)29-16-7-8-19(25)18(24)11-16;1-26-22-13-19-20(14-23(22)27-15-16-5-3-2-4-6-16)25-12-11-21(19)28-18-9-7-17(24)8-10-18;1-20-16-9-13-14(18)7-8-19-15(13)10-17(16)21-11-12-5-3-2-4-6-12/h2-13H,14H2,1H3;2-13H,14,25H2,1H3;2-14H,15,24H2,1H3;2-10H,11H2,1H3. The molecule has 109 heavy (non-hydrogen) atoms. The fraction of sp³-hybridized carbons (Fsp3) is 0.0930. The summed E-state index contributed by atoms with van der Waals surface area (Å²) < 4.78 is 90.9. The molecular formula is C86H70ClF2N7O13. The van der Waals surface area contributed by atoms with E-state index in [0.29, 0.717) is 134 Å². The van der Waals surface area contributed by atoms with Crippen molar-refractivity contribution in [1.82, 2.24) is 19.9 Å². The lowest BCUT2D eigenvalue weighted by atomic mass is 10.1. The largest absolute Gasteiger partial charge is 0.493 e. The number of anilines is 2. The van der Waals surface area contributed by atoms with Gasteiger partial charge in [0, 0.05) is 94.5 Å². The molecule has 4 aromatic heterocycles. The van der Waals surface area contributed by atoms with E-state index in [1.807, 2.05) is 164 Å². The first-order chi connectivity index (χ1) is 53.2. The topological polar surface area (TPSA) is 248 Å². The van der Waals surface area contributed by atoms with Gasteiger partial charge in [-0.25, -0.2) is 4.39 Å². The molecule has 20 nitrogen and oxygen atoms in total. The molecule has 548 valence electrons. The molecule has 15 rings (SSSR count). The fourth-order valence-corrected chi connectivity index (χ4v) is 11.2. The lowest BCUT2D eigenvalue weighted by Gasteiger charge is -2.14. The third kappa shape index (κ3) is 19.5. The highest BCUT2D eigenvalue weighted by molar-refractivity contribution is 6.35. The predicted octanol–water partition coefficient (Wildman–Crippen LogP) is 20.7. The second kappa shape index (κ2) is 36.1. The monoisotopic (exact) mass is 1480 g/mol. The predicted molar refractivity (Wildman–Crippen MR) is 416 cm³/mol. The maximum atomic E-state index is 13.9. The normalized spacial score (nSPS) is 10.6. The van der Waals surface area contributed by atoms with Gasteiger partial charge in [-0.15, -0.1) is 0 Å². The number of nitrogens with zero attached hydrogens (tertiary/aromatic N) is 5. The lowest BCUT2D eigenvalue weighted by molar-refractivity contribution is -0.387. The molecule has 0 aliphatic rings. The van der Waals surface area contributed by atoms with E-state index < -0.39 is 22.2 Å². The van der Waals surface area contributed by atoms with Crippen molar-refractivity contribution in [3.05, 3.63) is 329 Å². The van der Waals surface area contributed by atoms with Crippen molar-refractivity contribution >= 4 is 72.3 Å². The van der Waals surface area contributed by atoms with E-state index in [2.05, 4.69) is 19.9 Å². The first kappa shape index (κ1) is 74.7. The number of fused-ring (bicyclic) bond motifs is 4. The van der Waals surface area contributed by atoms with Crippen LogP contribution in [-0.4, -0.2) is 53.3 Å². The molecule has 0 aliphatic carbocycles. The zero-order chi connectivity index (χ0) is 76.0. The van der Waals surface area contributed by atoms with Crippen LogP contribution < -0.4 is 63.6 Å². The number of methoxy groups -OCH3 is 4. The van der Waals surface area contributed by atoms with Gasteiger partial charge < -0.3 is 63.6 Å². The average Bonchev–Trinajstić information content (AvgIpc) is 0.806. The molecule has 0 bridgehead atoms. The molecule has 0 spiro atoms. The molecule has 15 aromatic rings. The van der Waals surface area contributed by atoms with E-state index in [-0.39, 0.29) is 11.4 Å². The highest BCUT2D eigenvalue weighted by atomic mass is 35.5. The Labute approximate surface area is 630 Å². The molecule has 0 aliphatic heterocycles. The molecule has 0 unspecified atom stereocenters. The summed E-state index contributed by atoms with van der Waals surface area (Å²) in [4.78, 5) is 27.5. The average molecular weight is 1480 g/mol. The van der Waals surface area contributed by atoms with E-state index in [4.69, 9.17) is 75.2 Å². The number of aromatic nitrogens is 4. The number of ether oxygens (including phenoxy) is 11. The van der Waals surface area contributed by atoms with E-state index in [1.54, 1.807) is 107 Å². The lowest BCUT2D eigenvalue weighted by Crippen LogP contribution is -1.98. The van der Waals surface area contributed by atoms with Crippen LogP contribution in [0.15, 0.2) is 280 Å². The molecule has 0 atom stereocenters. The minimum absolute atomic E-state index is 0.0683. The molecule has 11 aromatic carbocycles. The number of halogens is 3. The summed E-state index contributed by atoms with van der Waals surface area (Å²) in [6, 6.07) is 75.9. The molecule has 23 heteroatoms. The Kier molecular flexibility index (Phi) is 24.8. The molecule has 4 N–H and O–H groups in total. The molecule has 0 fully saturated rings. The SMILES string of the molecule is COc1cc2c(Cl)ccnc2cc1OCc1ccccc1.COc1cc2c(Oc3ccc(N)c(F)c3)ccnc2cc1OCc1ccccc1.COc1cc2c(Oc3ccc(N)cc3)ccnc2cc1OCc1ccccc1.COc1cc2c(Oc3ccc([N+](=O)[O-])c(F)c3)ccnc2cc1OCc1ccccc1. The second-order valence-corrected chi connectivity index (χ2v) is 24.2. The van der Waals surface area contributed by atoms with Crippen LogP contribution >= 0.6 is 11.6 Å². The Morgan fingerprint density at radius 2 is 0.661 bits per heavy atom. The quantitative estimate of drug-likeness (QED) is 0.0343. The van der Waals surface area contributed by atoms with Gasteiger partial charge in [0.25, 0.3) is 0 Å². The number of pyridine rings is 4. The van der Waals surface area contributed by atoms with Gasteiger partial charge in [-0.2, -0.15) is 4.39 Å². The first-order valence-corrected chi connectivity index (χ1v) is 34.1. The van der Waals surface area contributed by atoms with Crippen molar-refractivity contribution in [1.29, 1.82) is 0 Å². The van der Waals surface area contributed by atoms with Crippen molar-refractivity contribution < 1.29 is 65.8 Å². The molecule has 0 saturated heterocycles. The van der Waals surface area contributed by atoms with Gasteiger partial charge in [-0.05, 0) is 113 Å². The third-order valence-electron chi connectivity index (χ3n) is 16.5. The molecule has 0 saturated carbocycles. The van der Waals surface area contributed by atoms with Crippen molar-refractivity contribution in [2.75, 3.05) is 39.9 Å². The summed E-state index contributed by atoms with van der Waals surface area (Å²) in [5, 5.41) is 14.5. The summed E-state index contributed by atoms with van der Waals surface area (Å²) in [6.07, 6.45) is 6.56. The number of nitro benzene ring substituents is 1. The van der Waals surface area contributed by atoms with Crippen LogP contribution in [0.1, 0.15) is 22.3 Å². The van der Waals surface area contributed by atoms with Gasteiger partial charge >= 0.3 is 5.69 Å². The van der Waals surface area contributed by atoms with Crippen LogP contribution in [0.2, 0.25) is 5.02 Å². The number of hydrogen-bond donors (Lipinski definition) is 2. The Morgan fingerprint density at radius 1 is 0.349 bits per heavy atom. The van der Waals surface area contributed by atoms with Gasteiger partial charge in [0.15, 0.2) is 46.0 Å². The summed E-state index contributed by atoms with van der Waals surface area (Å²) in [5.41, 5.74) is 18.4. The number of nitrogen functional groups attached to an aromatic ring is 2. The van der Waals surface area contributed by atoms with E-state index >= 15 is 0 Å². The smallest absolute Gasteiger partial charge is 0.305 e. The number of hydrogen-bond acceptors (Lipinski definition) is 19. The highest BCUT2D eigenvalue weighted by Crippen LogP contribution is 2.42. The number of rotatable bonds is 23. The minimum Gasteiger partial charge on any atom is -0.493 e. The zero-order valence-electron chi connectivity index (χ0n) is 59.2. The first-order valence-electron chi connectivity index (χ1n) is 33.8. The zero-order valence-corrected chi connectivity index (χ0v) is 60.0. The molecule has 0 radical (unpaired) electrons. The van der Waals surface area contributed by atoms with Crippen molar-refractivity contribution in [3.63, 3.8) is 0 Å². The fourth-order valence-electron chi connectivity index (χ4n) is 11.0. The maximum Gasteiger partial charge on any atom is 0.305 e. The van der Waals surface area contributed by atoms with E-state index in [1.165, 1.54) is 25.3 Å². The van der Waals surface area contributed by atoms with Crippen LogP contribution in [0.5, 0.6) is 80.5 Å². The van der Waals surface area contributed by atoms with Crippen LogP contribution in [-0.2, 0) is 26.4 Å². The third-order valence-corrected chi connectivity index (χ3v) is 16.9. The Hall–Kier alpha value is -14.0. The summed E-state index contributed by atoms with van der Waals surface area (Å²) in [6.45, 7) is 1.69. The summed E-state index contributed by atoms with van der Waals surface area (Å²) in [7, 11) is 6.33. The summed E-state index contributed by atoms with van der Waals surface area (Å²) >= 11 is 6.17. The number of benzene rings is 11. The van der Waals surface area contributed by atoms with Gasteiger partial charge in [-0.1, -0.05) is 133 Å². The van der Waals surface area contributed by atoms with Gasteiger partial charge in [0.05, 0.1) is 66.1 Å². The Morgan fingerprint density at radius 3 is 1.00 bits per heavy atom. The van der Waals surface area contributed by atoms with Gasteiger partial charge in [0.2, 0.25) is 5.82 Å². The number of nitro groups is 1. The Balaban J connectivity index is 0.000000137. The van der Waals surface area contributed by atoms with Gasteiger partial charge in [-0.3, -0.25) is 30.1 Å². The van der Waals surface area contributed by atoms with Crippen LogP contribution in [0.4, 0.5) is 25.8 Å². The number of nitrogens with two attached hydrogens (primary N) is 2. The second-order valence-electron chi connectivity index (χ2n) is 23.8. The minimum atomic E-state index is -0.977. The molecule has 0 amide bonds. The van der Waals surface area contributed by atoms with Crippen molar-refractivity contribution in [2.45, 2.75) is 26.4 Å². The molecule has 4 heterocycles. The maximum absolute atomic E-state index is 13.9. The summed E-state index contributed by atoms with van der Waals surface area (Å²) in [5.74, 6) is 5.94. The van der Waals surface area contributed by atoms with Crippen LogP contribution in [0, 0.1) is 21.7 Å². The van der Waals surface area contributed by atoms with Crippen LogP contribution in [0.3, 0.4) is 0 Å². The molecular weight excluding hydrogens is 1410 g/mol. The van der Waals surface area contributed by atoms with Crippen molar-refractivity contribution in [2.24, 2.45) is 0 Å². The van der Waals surface area contributed by atoms with Crippen molar-refractivity contribution in [3.8, 4) is 80.5 Å². The van der Waals surface area contributed by atoms with Gasteiger partial charge in [0.1, 0.15) is 66.7 Å².